The summed E-state index contributed by atoms with van der Waals surface area (Å²) >= 11 is 6.21. The maximum atomic E-state index is 11.1. The minimum Gasteiger partial charge on any atom is -0.497 e. The summed E-state index contributed by atoms with van der Waals surface area (Å²) < 4.78 is 9.72. The fraction of sp³-hybridized carbons (Fsp3) is 0.500. The molecule has 0 saturated heterocycles. The van der Waals surface area contributed by atoms with Crippen LogP contribution >= 0.6 is 11.6 Å². The van der Waals surface area contributed by atoms with Crippen LogP contribution in [0.1, 0.15) is 18.9 Å². The van der Waals surface area contributed by atoms with Crippen molar-refractivity contribution in [1.29, 1.82) is 0 Å². The van der Waals surface area contributed by atoms with E-state index in [4.69, 9.17) is 16.3 Å². The Labute approximate surface area is 142 Å². The predicted octanol–water partition coefficient (Wildman–Crippen LogP) is 2.01. The number of nitrogens with one attached hydrogen (secondary N) is 2. The average molecular weight is 342 g/mol. The van der Waals surface area contributed by atoms with E-state index in [1.807, 2.05) is 19.1 Å². The van der Waals surface area contributed by atoms with E-state index in [2.05, 4.69) is 20.4 Å². The number of hydrogen-bond donors (Lipinski definition) is 2. The number of benzene rings is 1. The standard InChI is InChI=1S/C16H24ClN3O3/c1-4-18-16(20-10-8-15(21)23-3)19-9-7-12-5-6-13(22-2)11-14(12)17/h5-6,11H,4,7-10H2,1-3H3,(H2,18,19,20). The Morgan fingerprint density at radius 3 is 2.70 bits per heavy atom. The third-order valence-corrected chi connectivity index (χ3v) is 3.46. The second-order valence-electron chi connectivity index (χ2n) is 4.72. The fourth-order valence-corrected chi connectivity index (χ4v) is 2.14. The Morgan fingerprint density at radius 2 is 2.09 bits per heavy atom. The van der Waals surface area contributed by atoms with Gasteiger partial charge in [0.25, 0.3) is 0 Å². The van der Waals surface area contributed by atoms with Gasteiger partial charge in [0.15, 0.2) is 5.96 Å². The SMILES string of the molecule is CCNC(=NCCC(=O)OC)NCCc1ccc(OC)cc1Cl. The van der Waals surface area contributed by atoms with Gasteiger partial charge in [0, 0.05) is 18.1 Å². The van der Waals surface area contributed by atoms with Gasteiger partial charge >= 0.3 is 5.97 Å². The molecule has 7 heteroatoms. The van der Waals surface area contributed by atoms with Crippen LogP contribution in [0.15, 0.2) is 23.2 Å². The number of esters is 1. The molecule has 2 N–H and O–H groups in total. The summed E-state index contributed by atoms with van der Waals surface area (Å²) in [6, 6.07) is 5.63. The van der Waals surface area contributed by atoms with Crippen LogP contribution in [0.5, 0.6) is 5.75 Å². The lowest BCUT2D eigenvalue weighted by Gasteiger charge is -2.12. The molecule has 0 atom stereocenters. The fourth-order valence-electron chi connectivity index (χ4n) is 1.88. The summed E-state index contributed by atoms with van der Waals surface area (Å²) in [4.78, 5) is 15.4. The predicted molar refractivity (Wildman–Crippen MR) is 92.3 cm³/mol. The van der Waals surface area contributed by atoms with Crippen molar-refractivity contribution < 1.29 is 14.3 Å². The Bertz CT molecular complexity index is 535. The summed E-state index contributed by atoms with van der Waals surface area (Å²) in [6.45, 7) is 3.78. The average Bonchev–Trinajstić information content (AvgIpc) is 2.55. The van der Waals surface area contributed by atoms with Crippen molar-refractivity contribution in [1.82, 2.24) is 10.6 Å². The highest BCUT2D eigenvalue weighted by Gasteiger charge is 2.04. The zero-order chi connectivity index (χ0) is 17.1. The summed E-state index contributed by atoms with van der Waals surface area (Å²) in [5.74, 6) is 1.14. The highest BCUT2D eigenvalue weighted by atomic mass is 35.5. The highest BCUT2D eigenvalue weighted by Crippen LogP contribution is 2.22. The first-order valence-electron chi connectivity index (χ1n) is 7.52. The van der Waals surface area contributed by atoms with Crippen molar-refractivity contribution >= 4 is 23.5 Å². The molecule has 1 aromatic carbocycles. The van der Waals surface area contributed by atoms with Gasteiger partial charge in [0.05, 0.1) is 27.2 Å². The largest absolute Gasteiger partial charge is 0.497 e. The number of rotatable bonds is 8. The van der Waals surface area contributed by atoms with E-state index < -0.39 is 0 Å². The molecule has 0 fully saturated rings. The number of hydrogen-bond acceptors (Lipinski definition) is 4. The van der Waals surface area contributed by atoms with Crippen LogP contribution in [0.3, 0.4) is 0 Å². The van der Waals surface area contributed by atoms with Gasteiger partial charge in [-0.2, -0.15) is 0 Å². The lowest BCUT2D eigenvalue weighted by molar-refractivity contribution is -0.140. The zero-order valence-electron chi connectivity index (χ0n) is 13.8. The molecule has 0 aliphatic carbocycles. The smallest absolute Gasteiger partial charge is 0.307 e. The van der Waals surface area contributed by atoms with Gasteiger partial charge in [0.1, 0.15) is 5.75 Å². The number of carbonyl (C=O) groups excluding carboxylic acids is 1. The Balaban J connectivity index is 2.49. The molecule has 0 aliphatic rings. The zero-order valence-corrected chi connectivity index (χ0v) is 14.6. The first-order chi connectivity index (χ1) is 11.1. The quantitative estimate of drug-likeness (QED) is 0.430. The van der Waals surface area contributed by atoms with Crippen LogP contribution in [-0.2, 0) is 16.0 Å². The Hall–Kier alpha value is -1.95. The maximum Gasteiger partial charge on any atom is 0.307 e. The van der Waals surface area contributed by atoms with Crippen molar-refractivity contribution in [2.75, 3.05) is 33.9 Å². The molecule has 0 aromatic heterocycles. The molecule has 0 bridgehead atoms. The number of halogens is 1. The van der Waals surface area contributed by atoms with Gasteiger partial charge in [-0.05, 0) is 31.0 Å². The molecule has 1 rings (SSSR count). The first kappa shape index (κ1) is 19.1. The third-order valence-electron chi connectivity index (χ3n) is 3.10. The summed E-state index contributed by atoms with van der Waals surface area (Å²) in [7, 11) is 2.98. The Kier molecular flexibility index (Phi) is 8.90. The third kappa shape index (κ3) is 7.23. The molecule has 0 aliphatic heterocycles. The summed E-state index contributed by atoms with van der Waals surface area (Å²) in [5.41, 5.74) is 1.03. The Morgan fingerprint density at radius 1 is 1.30 bits per heavy atom. The minimum atomic E-state index is -0.269. The molecule has 23 heavy (non-hydrogen) atoms. The van der Waals surface area contributed by atoms with E-state index in [0.29, 0.717) is 24.1 Å². The second-order valence-corrected chi connectivity index (χ2v) is 5.13. The van der Waals surface area contributed by atoms with Gasteiger partial charge in [0.2, 0.25) is 0 Å². The number of nitrogens with zero attached hydrogens (tertiary/aromatic N) is 1. The van der Waals surface area contributed by atoms with Crippen molar-refractivity contribution in [3.05, 3.63) is 28.8 Å². The van der Waals surface area contributed by atoms with E-state index in [1.165, 1.54) is 7.11 Å². The monoisotopic (exact) mass is 341 g/mol. The van der Waals surface area contributed by atoms with Crippen molar-refractivity contribution in [3.8, 4) is 5.75 Å². The number of methoxy groups -OCH3 is 2. The van der Waals surface area contributed by atoms with Crippen molar-refractivity contribution in [2.24, 2.45) is 4.99 Å². The van der Waals surface area contributed by atoms with Crippen molar-refractivity contribution in [2.45, 2.75) is 19.8 Å². The first-order valence-corrected chi connectivity index (χ1v) is 7.90. The molecule has 0 saturated carbocycles. The topological polar surface area (TPSA) is 72.0 Å². The number of aliphatic imine (C=N–C) groups is 1. The summed E-state index contributed by atoms with van der Waals surface area (Å²) in [5, 5.41) is 7.02. The molecule has 0 amide bonds. The lowest BCUT2D eigenvalue weighted by atomic mass is 10.1. The van der Waals surface area contributed by atoms with Crippen LogP contribution in [0, 0.1) is 0 Å². The van der Waals surface area contributed by atoms with Crippen LogP contribution in [0.25, 0.3) is 0 Å². The highest BCUT2D eigenvalue weighted by molar-refractivity contribution is 6.31. The van der Waals surface area contributed by atoms with Crippen LogP contribution < -0.4 is 15.4 Å². The van der Waals surface area contributed by atoms with E-state index >= 15 is 0 Å². The van der Waals surface area contributed by atoms with E-state index in [9.17, 15) is 4.79 Å². The molecular formula is C16H24ClN3O3. The minimum absolute atomic E-state index is 0.261. The molecule has 0 radical (unpaired) electrons. The maximum absolute atomic E-state index is 11.1. The van der Waals surface area contributed by atoms with Crippen molar-refractivity contribution in [3.63, 3.8) is 0 Å². The van der Waals surface area contributed by atoms with Crippen LogP contribution in [0.2, 0.25) is 5.02 Å². The van der Waals surface area contributed by atoms with Gasteiger partial charge in [-0.15, -0.1) is 0 Å². The number of ether oxygens (including phenoxy) is 2. The number of guanidine groups is 1. The van der Waals surface area contributed by atoms with Gasteiger partial charge in [-0.3, -0.25) is 9.79 Å². The van der Waals surface area contributed by atoms with Gasteiger partial charge in [-0.1, -0.05) is 17.7 Å². The summed E-state index contributed by atoms with van der Waals surface area (Å²) in [6.07, 6.45) is 1.02. The number of carbonyl (C=O) groups is 1. The lowest BCUT2D eigenvalue weighted by Crippen LogP contribution is -2.38. The van der Waals surface area contributed by atoms with E-state index in [0.717, 1.165) is 24.3 Å². The molecule has 6 nitrogen and oxygen atoms in total. The van der Waals surface area contributed by atoms with E-state index in [-0.39, 0.29) is 12.4 Å². The van der Waals surface area contributed by atoms with Gasteiger partial charge < -0.3 is 20.1 Å². The molecule has 0 spiro atoms. The molecule has 0 unspecified atom stereocenters. The van der Waals surface area contributed by atoms with Gasteiger partial charge in [-0.25, -0.2) is 0 Å². The molecular weight excluding hydrogens is 318 g/mol. The molecule has 128 valence electrons. The second kappa shape index (κ2) is 10.7. The molecule has 1 aromatic rings. The van der Waals surface area contributed by atoms with Crippen LogP contribution in [0.4, 0.5) is 0 Å². The van der Waals surface area contributed by atoms with Crippen LogP contribution in [-0.4, -0.2) is 45.8 Å². The normalized spacial score (nSPS) is 11.0. The molecule has 0 heterocycles. The van der Waals surface area contributed by atoms with E-state index in [1.54, 1.807) is 13.2 Å².